The number of carbonyl (C=O) groups excluding carboxylic acids is 4. The Morgan fingerprint density at radius 3 is 1.89 bits per heavy atom. The molecular formula is C29H23N3O5. The number of hydrogen-bond donors (Lipinski definition) is 2. The van der Waals surface area contributed by atoms with Gasteiger partial charge in [0.25, 0.3) is 17.7 Å². The molecule has 0 radical (unpaired) electrons. The van der Waals surface area contributed by atoms with Gasteiger partial charge in [-0.15, -0.1) is 0 Å². The van der Waals surface area contributed by atoms with Gasteiger partial charge < -0.3 is 10.1 Å². The van der Waals surface area contributed by atoms with Crippen LogP contribution in [0.25, 0.3) is 10.8 Å². The predicted molar refractivity (Wildman–Crippen MR) is 136 cm³/mol. The summed E-state index contributed by atoms with van der Waals surface area (Å²) >= 11 is 0. The van der Waals surface area contributed by atoms with Crippen molar-refractivity contribution in [1.82, 2.24) is 15.8 Å². The van der Waals surface area contributed by atoms with Gasteiger partial charge in [-0.05, 0) is 28.6 Å². The number of imide groups is 1. The lowest BCUT2D eigenvalue weighted by Gasteiger charge is -2.29. The topological polar surface area (TPSA) is 105 Å². The second kappa shape index (κ2) is 10.3. The molecule has 37 heavy (non-hydrogen) atoms. The molecule has 0 bridgehead atoms. The highest BCUT2D eigenvalue weighted by molar-refractivity contribution is 6.25. The Morgan fingerprint density at radius 1 is 0.730 bits per heavy atom. The van der Waals surface area contributed by atoms with Gasteiger partial charge in [-0.2, -0.15) is 5.01 Å². The van der Waals surface area contributed by atoms with E-state index in [0.29, 0.717) is 21.5 Å². The second-order valence-corrected chi connectivity index (χ2v) is 8.58. The molecule has 0 aromatic heterocycles. The van der Waals surface area contributed by atoms with E-state index in [1.54, 1.807) is 24.3 Å². The minimum atomic E-state index is -1.11. The standard InChI is InChI=1S/C29H23N3O5/c33-26(31-32-27(34)22-15-7-13-21-14-8-16-23(25(21)22)28(32)35)24(17-19-9-3-1-4-10-19)30-29(36)37-18-20-11-5-2-6-12-20/h1-16,24H,17-18H2,(H,30,36)(H,31,33). The van der Waals surface area contributed by atoms with Gasteiger partial charge in [0.2, 0.25) is 0 Å². The molecule has 8 nitrogen and oxygen atoms in total. The van der Waals surface area contributed by atoms with Crippen molar-refractivity contribution >= 4 is 34.6 Å². The zero-order valence-electron chi connectivity index (χ0n) is 19.7. The summed E-state index contributed by atoms with van der Waals surface area (Å²) in [4.78, 5) is 52.3. The molecule has 0 spiro atoms. The van der Waals surface area contributed by atoms with Crippen molar-refractivity contribution in [2.24, 2.45) is 0 Å². The molecule has 5 rings (SSSR count). The van der Waals surface area contributed by atoms with Crippen LogP contribution in [0.2, 0.25) is 0 Å². The zero-order chi connectivity index (χ0) is 25.8. The molecule has 4 aromatic carbocycles. The maximum atomic E-state index is 13.3. The van der Waals surface area contributed by atoms with Gasteiger partial charge in [0.1, 0.15) is 12.6 Å². The summed E-state index contributed by atoms with van der Waals surface area (Å²) in [5.41, 5.74) is 4.61. The van der Waals surface area contributed by atoms with E-state index < -0.39 is 29.9 Å². The molecule has 0 saturated carbocycles. The van der Waals surface area contributed by atoms with Crippen LogP contribution in [0.1, 0.15) is 31.8 Å². The van der Waals surface area contributed by atoms with Crippen molar-refractivity contribution < 1.29 is 23.9 Å². The number of amides is 4. The first-order valence-electron chi connectivity index (χ1n) is 11.7. The van der Waals surface area contributed by atoms with Crippen molar-refractivity contribution in [3.8, 4) is 0 Å². The summed E-state index contributed by atoms with van der Waals surface area (Å²) < 4.78 is 5.29. The number of carbonyl (C=O) groups is 4. The van der Waals surface area contributed by atoms with Crippen LogP contribution in [0, 0.1) is 0 Å². The Morgan fingerprint density at radius 2 is 1.30 bits per heavy atom. The van der Waals surface area contributed by atoms with E-state index in [-0.39, 0.29) is 13.0 Å². The van der Waals surface area contributed by atoms with Crippen LogP contribution in [-0.4, -0.2) is 34.9 Å². The third-order valence-corrected chi connectivity index (χ3v) is 6.10. The van der Waals surface area contributed by atoms with Gasteiger partial charge in [-0.25, -0.2) is 4.79 Å². The molecule has 2 N–H and O–H groups in total. The van der Waals surface area contributed by atoms with Gasteiger partial charge in [0.05, 0.1) is 11.1 Å². The lowest BCUT2D eigenvalue weighted by atomic mass is 9.95. The molecular weight excluding hydrogens is 470 g/mol. The average Bonchev–Trinajstić information content (AvgIpc) is 2.93. The summed E-state index contributed by atoms with van der Waals surface area (Å²) in [5, 5.41) is 4.58. The fourth-order valence-corrected chi connectivity index (χ4v) is 4.29. The predicted octanol–water partition coefficient (Wildman–Crippen LogP) is 4.00. The van der Waals surface area contributed by atoms with Gasteiger partial charge in [-0.1, -0.05) is 84.9 Å². The van der Waals surface area contributed by atoms with Crippen molar-refractivity contribution in [2.45, 2.75) is 19.1 Å². The molecule has 1 aliphatic rings. The Labute approximate surface area is 212 Å². The maximum Gasteiger partial charge on any atom is 0.408 e. The van der Waals surface area contributed by atoms with Crippen LogP contribution < -0.4 is 10.7 Å². The number of rotatable bonds is 7. The highest BCUT2D eigenvalue weighted by Gasteiger charge is 2.35. The molecule has 0 aliphatic carbocycles. The van der Waals surface area contributed by atoms with Crippen molar-refractivity contribution in [1.29, 1.82) is 0 Å². The van der Waals surface area contributed by atoms with Gasteiger partial charge in [-0.3, -0.25) is 19.8 Å². The summed E-state index contributed by atoms with van der Waals surface area (Å²) in [6, 6.07) is 27.4. The Balaban J connectivity index is 1.35. The lowest BCUT2D eigenvalue weighted by molar-refractivity contribution is -0.126. The fraction of sp³-hybridized carbons (Fsp3) is 0.103. The minimum Gasteiger partial charge on any atom is -0.445 e. The van der Waals surface area contributed by atoms with E-state index in [1.165, 1.54) is 0 Å². The number of alkyl carbamates (subject to hydrolysis) is 1. The third kappa shape index (κ3) is 5.04. The number of hydrazine groups is 1. The molecule has 0 fully saturated rings. The van der Waals surface area contributed by atoms with Crippen LogP contribution >= 0.6 is 0 Å². The number of nitrogens with one attached hydrogen (secondary N) is 2. The fourth-order valence-electron chi connectivity index (χ4n) is 4.29. The SMILES string of the molecule is O=C(NC(Cc1ccccc1)C(=O)NN1C(=O)c2cccc3cccc(c23)C1=O)OCc1ccccc1. The van der Waals surface area contributed by atoms with E-state index in [9.17, 15) is 19.2 Å². The van der Waals surface area contributed by atoms with E-state index in [0.717, 1.165) is 16.5 Å². The Bertz CT molecular complexity index is 1440. The van der Waals surface area contributed by atoms with Crippen molar-refractivity contribution in [2.75, 3.05) is 0 Å². The van der Waals surface area contributed by atoms with E-state index in [1.807, 2.05) is 72.8 Å². The molecule has 1 atom stereocenters. The normalized spacial score (nSPS) is 13.2. The lowest BCUT2D eigenvalue weighted by Crippen LogP contribution is -2.57. The monoisotopic (exact) mass is 493 g/mol. The smallest absolute Gasteiger partial charge is 0.408 e. The number of ether oxygens (including phenoxy) is 1. The highest BCUT2D eigenvalue weighted by Crippen LogP contribution is 2.29. The summed E-state index contributed by atoms with van der Waals surface area (Å²) in [5.74, 6) is -2.02. The first kappa shape index (κ1) is 23.7. The van der Waals surface area contributed by atoms with Crippen molar-refractivity contribution in [3.63, 3.8) is 0 Å². The summed E-state index contributed by atoms with van der Waals surface area (Å²) in [7, 11) is 0. The molecule has 0 saturated heterocycles. The second-order valence-electron chi connectivity index (χ2n) is 8.58. The molecule has 1 heterocycles. The Hall–Kier alpha value is -4.98. The first-order valence-corrected chi connectivity index (χ1v) is 11.7. The van der Waals surface area contributed by atoms with Gasteiger partial charge in [0.15, 0.2) is 0 Å². The maximum absolute atomic E-state index is 13.3. The first-order chi connectivity index (χ1) is 18.0. The zero-order valence-corrected chi connectivity index (χ0v) is 19.7. The third-order valence-electron chi connectivity index (χ3n) is 6.10. The van der Waals surface area contributed by atoms with Crippen LogP contribution in [0.5, 0.6) is 0 Å². The summed E-state index contributed by atoms with van der Waals surface area (Å²) in [6.45, 7) is 0.0240. The molecule has 1 aliphatic heterocycles. The molecule has 8 heteroatoms. The minimum absolute atomic E-state index is 0.0240. The molecule has 4 aromatic rings. The van der Waals surface area contributed by atoms with E-state index >= 15 is 0 Å². The quantitative estimate of drug-likeness (QED) is 0.379. The Kier molecular flexibility index (Phi) is 6.63. The number of benzene rings is 4. The van der Waals surface area contributed by atoms with Gasteiger partial charge in [0, 0.05) is 11.8 Å². The average molecular weight is 494 g/mol. The van der Waals surface area contributed by atoms with Crippen LogP contribution in [-0.2, 0) is 22.6 Å². The number of nitrogens with zero attached hydrogens (tertiary/aromatic N) is 1. The molecule has 1 unspecified atom stereocenters. The van der Waals surface area contributed by atoms with Crippen molar-refractivity contribution in [3.05, 3.63) is 119 Å². The summed E-state index contributed by atoms with van der Waals surface area (Å²) in [6.07, 6.45) is -0.679. The molecule has 4 amide bonds. The van der Waals surface area contributed by atoms with E-state index in [2.05, 4.69) is 10.7 Å². The largest absolute Gasteiger partial charge is 0.445 e. The van der Waals surface area contributed by atoms with E-state index in [4.69, 9.17) is 4.74 Å². The van der Waals surface area contributed by atoms with Gasteiger partial charge >= 0.3 is 6.09 Å². The number of hydrogen-bond acceptors (Lipinski definition) is 5. The van der Waals surface area contributed by atoms with Crippen LogP contribution in [0.4, 0.5) is 4.79 Å². The highest BCUT2D eigenvalue weighted by atomic mass is 16.5. The van der Waals surface area contributed by atoms with Crippen LogP contribution in [0.15, 0.2) is 97.1 Å². The molecule has 184 valence electrons. The van der Waals surface area contributed by atoms with Crippen LogP contribution in [0.3, 0.4) is 0 Å².